The Morgan fingerprint density at radius 1 is 1.15 bits per heavy atom. The highest BCUT2D eigenvalue weighted by Gasteiger charge is 2.66. The summed E-state index contributed by atoms with van der Waals surface area (Å²) < 4.78 is 0. The lowest BCUT2D eigenvalue weighted by Crippen LogP contribution is -2.50. The summed E-state index contributed by atoms with van der Waals surface area (Å²) >= 11 is 0. The van der Waals surface area contributed by atoms with Gasteiger partial charge in [0.05, 0.1) is 11.8 Å². The van der Waals surface area contributed by atoms with Crippen molar-refractivity contribution in [2.24, 2.45) is 23.2 Å². The lowest BCUT2D eigenvalue weighted by atomic mass is 10.1. The Morgan fingerprint density at radius 3 is 2.10 bits per heavy atom. The number of aliphatic carboxylic acids is 1. The van der Waals surface area contributed by atoms with Gasteiger partial charge in [0.25, 0.3) is 0 Å². The molecule has 1 saturated heterocycles. The summed E-state index contributed by atoms with van der Waals surface area (Å²) in [6.45, 7) is 12.5. The number of carbonyl (C=O) groups excluding carboxylic acids is 1. The third-order valence-electron chi connectivity index (χ3n) is 4.67. The van der Waals surface area contributed by atoms with Gasteiger partial charge in [-0.25, -0.2) is 0 Å². The fourth-order valence-corrected chi connectivity index (χ4v) is 3.42. The summed E-state index contributed by atoms with van der Waals surface area (Å²) in [6, 6.07) is 0. The molecule has 5 heteroatoms. The van der Waals surface area contributed by atoms with Gasteiger partial charge < -0.3 is 10.0 Å². The number of carboxylic acid groups (broad SMARTS) is 1. The van der Waals surface area contributed by atoms with Crippen LogP contribution in [0.4, 0.5) is 0 Å². The van der Waals surface area contributed by atoms with Gasteiger partial charge in [0.2, 0.25) is 5.91 Å². The zero-order valence-electron chi connectivity index (χ0n) is 12.9. The van der Waals surface area contributed by atoms with Gasteiger partial charge in [-0.15, -0.1) is 0 Å². The minimum absolute atomic E-state index is 0.0339. The molecule has 0 spiro atoms. The first-order chi connectivity index (χ1) is 9.25. The molecule has 1 amide bonds. The van der Waals surface area contributed by atoms with Crippen LogP contribution in [-0.4, -0.2) is 59.5 Å². The van der Waals surface area contributed by atoms with Crippen LogP contribution in [0.5, 0.6) is 0 Å². The zero-order valence-corrected chi connectivity index (χ0v) is 12.9. The zero-order chi connectivity index (χ0) is 15.1. The molecule has 1 aliphatic carbocycles. The van der Waals surface area contributed by atoms with Crippen molar-refractivity contribution < 1.29 is 14.7 Å². The van der Waals surface area contributed by atoms with E-state index in [4.69, 9.17) is 5.11 Å². The first-order valence-electron chi connectivity index (χ1n) is 7.49. The van der Waals surface area contributed by atoms with Crippen molar-refractivity contribution in [3.63, 3.8) is 0 Å². The predicted octanol–water partition coefficient (Wildman–Crippen LogP) is 1.14. The first kappa shape index (κ1) is 15.3. The van der Waals surface area contributed by atoms with E-state index < -0.39 is 17.3 Å². The third kappa shape index (κ3) is 2.82. The van der Waals surface area contributed by atoms with E-state index in [2.05, 4.69) is 18.7 Å². The first-order valence-corrected chi connectivity index (χ1v) is 7.49. The Morgan fingerprint density at radius 2 is 1.70 bits per heavy atom. The van der Waals surface area contributed by atoms with Crippen LogP contribution in [0.2, 0.25) is 0 Å². The highest BCUT2D eigenvalue weighted by molar-refractivity contribution is 5.91. The number of nitrogens with zero attached hydrogens (tertiary/aromatic N) is 2. The number of carbonyl (C=O) groups is 2. The fourth-order valence-electron chi connectivity index (χ4n) is 3.42. The average Bonchev–Trinajstić information content (AvgIpc) is 2.92. The van der Waals surface area contributed by atoms with Gasteiger partial charge in [0.15, 0.2) is 0 Å². The maximum absolute atomic E-state index is 12.5. The van der Waals surface area contributed by atoms with E-state index in [-0.39, 0.29) is 11.8 Å². The van der Waals surface area contributed by atoms with Gasteiger partial charge in [-0.1, -0.05) is 27.7 Å². The molecule has 2 aliphatic rings. The summed E-state index contributed by atoms with van der Waals surface area (Å²) in [5, 5.41) is 9.17. The molecular weight excluding hydrogens is 256 g/mol. The van der Waals surface area contributed by atoms with Gasteiger partial charge in [-0.05, 0) is 11.3 Å². The molecule has 114 valence electrons. The Bertz CT molecular complexity index is 398. The predicted molar refractivity (Wildman–Crippen MR) is 76.3 cm³/mol. The molecule has 0 radical (unpaired) electrons. The lowest BCUT2D eigenvalue weighted by Gasteiger charge is -2.35. The third-order valence-corrected chi connectivity index (χ3v) is 4.67. The number of amides is 1. The fraction of sp³-hybridized carbons (Fsp3) is 0.867. The molecule has 0 aromatic carbocycles. The van der Waals surface area contributed by atoms with Crippen molar-refractivity contribution in [1.29, 1.82) is 0 Å². The second kappa shape index (κ2) is 5.35. The molecule has 5 nitrogen and oxygen atoms in total. The monoisotopic (exact) mass is 282 g/mol. The van der Waals surface area contributed by atoms with Crippen LogP contribution in [0.3, 0.4) is 0 Å². The lowest BCUT2D eigenvalue weighted by molar-refractivity contribution is -0.142. The molecule has 1 saturated carbocycles. The second-order valence-electron chi connectivity index (χ2n) is 7.13. The van der Waals surface area contributed by atoms with E-state index in [1.807, 2.05) is 18.7 Å². The quantitative estimate of drug-likeness (QED) is 0.840. The molecule has 0 aromatic rings. The largest absolute Gasteiger partial charge is 0.481 e. The van der Waals surface area contributed by atoms with E-state index in [0.717, 1.165) is 32.7 Å². The second-order valence-corrected chi connectivity index (χ2v) is 7.13. The molecule has 20 heavy (non-hydrogen) atoms. The van der Waals surface area contributed by atoms with E-state index in [1.165, 1.54) is 0 Å². The van der Waals surface area contributed by atoms with E-state index in [0.29, 0.717) is 5.92 Å². The Balaban J connectivity index is 1.89. The molecule has 1 aliphatic heterocycles. The van der Waals surface area contributed by atoms with E-state index in [1.54, 1.807) is 0 Å². The molecule has 0 aromatic heterocycles. The SMILES string of the molecule is CC(C)CN1CCN(C(=O)C2C(C(=O)O)C2(C)C)CC1. The summed E-state index contributed by atoms with van der Waals surface area (Å²) in [5.74, 6) is -1.02. The van der Waals surface area contributed by atoms with Crippen LogP contribution in [0.25, 0.3) is 0 Å². The molecule has 1 N–H and O–H groups in total. The van der Waals surface area contributed by atoms with Crippen molar-refractivity contribution in [3.8, 4) is 0 Å². The van der Waals surface area contributed by atoms with Crippen LogP contribution < -0.4 is 0 Å². The summed E-state index contributed by atoms with van der Waals surface area (Å²) in [6.07, 6.45) is 0. The number of hydrogen-bond donors (Lipinski definition) is 1. The number of rotatable bonds is 4. The Labute approximate surface area is 120 Å². The molecule has 2 fully saturated rings. The highest BCUT2D eigenvalue weighted by Crippen LogP contribution is 2.59. The summed E-state index contributed by atoms with van der Waals surface area (Å²) in [7, 11) is 0. The molecule has 1 heterocycles. The average molecular weight is 282 g/mol. The van der Waals surface area contributed by atoms with E-state index in [9.17, 15) is 9.59 Å². The van der Waals surface area contributed by atoms with Crippen LogP contribution >= 0.6 is 0 Å². The Hall–Kier alpha value is -1.10. The van der Waals surface area contributed by atoms with E-state index >= 15 is 0 Å². The minimum Gasteiger partial charge on any atom is -0.481 e. The van der Waals surface area contributed by atoms with Gasteiger partial charge in [0.1, 0.15) is 0 Å². The smallest absolute Gasteiger partial charge is 0.307 e. The summed E-state index contributed by atoms with van der Waals surface area (Å²) in [5.41, 5.74) is -0.391. The molecular formula is C15H26N2O3. The van der Waals surface area contributed by atoms with Crippen molar-refractivity contribution in [3.05, 3.63) is 0 Å². The number of piperazine rings is 1. The van der Waals surface area contributed by atoms with Crippen LogP contribution in [0.15, 0.2) is 0 Å². The van der Waals surface area contributed by atoms with Crippen molar-refractivity contribution >= 4 is 11.9 Å². The highest BCUT2D eigenvalue weighted by atomic mass is 16.4. The van der Waals surface area contributed by atoms with Gasteiger partial charge >= 0.3 is 5.97 Å². The standard InChI is InChI=1S/C15H26N2O3/c1-10(2)9-16-5-7-17(8-6-16)13(18)11-12(14(19)20)15(11,3)4/h10-12H,5-9H2,1-4H3,(H,19,20). The van der Waals surface area contributed by atoms with Crippen molar-refractivity contribution in [2.45, 2.75) is 27.7 Å². The van der Waals surface area contributed by atoms with Crippen molar-refractivity contribution in [1.82, 2.24) is 9.80 Å². The van der Waals surface area contributed by atoms with Crippen molar-refractivity contribution in [2.75, 3.05) is 32.7 Å². The van der Waals surface area contributed by atoms with Crippen LogP contribution in [0.1, 0.15) is 27.7 Å². The minimum atomic E-state index is -0.841. The van der Waals surface area contributed by atoms with Crippen LogP contribution in [-0.2, 0) is 9.59 Å². The topological polar surface area (TPSA) is 60.9 Å². The Kier molecular flexibility index (Phi) is 4.09. The molecule has 2 rings (SSSR count). The molecule has 2 atom stereocenters. The summed E-state index contributed by atoms with van der Waals surface area (Å²) in [4.78, 5) is 27.9. The van der Waals surface area contributed by atoms with Gasteiger partial charge in [-0.3, -0.25) is 14.5 Å². The molecule has 2 unspecified atom stereocenters. The maximum Gasteiger partial charge on any atom is 0.307 e. The number of carboxylic acids is 1. The maximum atomic E-state index is 12.5. The van der Waals surface area contributed by atoms with Crippen LogP contribution in [0, 0.1) is 23.2 Å². The van der Waals surface area contributed by atoms with Gasteiger partial charge in [0, 0.05) is 32.7 Å². The molecule has 0 bridgehead atoms. The van der Waals surface area contributed by atoms with Gasteiger partial charge in [-0.2, -0.15) is 0 Å². The normalized spacial score (nSPS) is 29.6. The number of hydrogen-bond acceptors (Lipinski definition) is 3.